The van der Waals surface area contributed by atoms with Gasteiger partial charge in [-0.15, -0.1) is 0 Å². The van der Waals surface area contributed by atoms with Crippen LogP contribution < -0.4 is 15.0 Å². The second-order valence-electron chi connectivity index (χ2n) is 5.67. The summed E-state index contributed by atoms with van der Waals surface area (Å²) in [5.74, 6) is 1.49. The topological polar surface area (TPSA) is 50.3 Å². The minimum absolute atomic E-state index is 0.557. The number of aryl methyl sites for hydroxylation is 1. The fraction of sp³-hybridized carbons (Fsp3) is 0.750. The molecule has 0 radical (unpaired) electrons. The third kappa shape index (κ3) is 4.84. The van der Waals surface area contributed by atoms with E-state index in [1.54, 1.807) is 0 Å². The summed E-state index contributed by atoms with van der Waals surface area (Å²) in [6.45, 7) is 9.95. The first-order valence-electron chi connectivity index (χ1n) is 8.19. The van der Waals surface area contributed by atoms with Crippen LogP contribution >= 0.6 is 0 Å². The van der Waals surface area contributed by atoms with Crippen molar-refractivity contribution in [2.45, 2.75) is 52.5 Å². The van der Waals surface area contributed by atoms with E-state index in [9.17, 15) is 0 Å². The normalized spacial score (nSPS) is 18.0. The maximum atomic E-state index is 5.56. The maximum Gasteiger partial charge on any atom is 0.228 e. The highest BCUT2D eigenvalue weighted by atomic mass is 16.5. The number of anilines is 1. The number of aromatic nitrogens is 2. The molecule has 0 amide bonds. The maximum absolute atomic E-state index is 5.56. The first-order chi connectivity index (χ1) is 10.2. The van der Waals surface area contributed by atoms with Crippen molar-refractivity contribution in [3.05, 3.63) is 11.8 Å². The average molecular weight is 292 g/mol. The summed E-state index contributed by atoms with van der Waals surface area (Å²) in [5, 5.41) is 3.56. The zero-order chi connectivity index (χ0) is 15.1. The molecule has 2 rings (SSSR count). The van der Waals surface area contributed by atoms with Gasteiger partial charge in [-0.05, 0) is 39.7 Å². The number of rotatable bonds is 8. The lowest BCUT2D eigenvalue weighted by molar-refractivity contribution is 0.325. The molecular formula is C16H28N4O. The van der Waals surface area contributed by atoms with Gasteiger partial charge in [0, 0.05) is 30.9 Å². The molecule has 1 unspecified atom stereocenters. The van der Waals surface area contributed by atoms with Gasteiger partial charge in [-0.2, -0.15) is 4.98 Å². The highest BCUT2D eigenvalue weighted by Gasteiger charge is 2.20. The third-order valence-corrected chi connectivity index (χ3v) is 3.78. The van der Waals surface area contributed by atoms with E-state index in [2.05, 4.69) is 27.1 Å². The summed E-state index contributed by atoms with van der Waals surface area (Å²) in [4.78, 5) is 11.5. The first-order valence-corrected chi connectivity index (χ1v) is 8.19. The predicted octanol–water partition coefficient (Wildman–Crippen LogP) is 2.54. The van der Waals surface area contributed by atoms with Gasteiger partial charge in [-0.25, -0.2) is 4.98 Å². The van der Waals surface area contributed by atoms with Gasteiger partial charge in [-0.1, -0.05) is 13.3 Å². The fourth-order valence-corrected chi connectivity index (χ4v) is 2.69. The molecule has 1 aliphatic heterocycles. The molecular weight excluding hydrogens is 264 g/mol. The molecule has 1 aliphatic rings. The van der Waals surface area contributed by atoms with Gasteiger partial charge >= 0.3 is 0 Å². The molecule has 0 bridgehead atoms. The van der Waals surface area contributed by atoms with Crippen LogP contribution in [0.3, 0.4) is 0 Å². The molecule has 1 aromatic heterocycles. The van der Waals surface area contributed by atoms with Crippen molar-refractivity contribution in [2.24, 2.45) is 0 Å². The van der Waals surface area contributed by atoms with E-state index in [1.165, 1.54) is 19.3 Å². The summed E-state index contributed by atoms with van der Waals surface area (Å²) < 4.78 is 5.56. The van der Waals surface area contributed by atoms with E-state index < -0.39 is 0 Å². The van der Waals surface area contributed by atoms with Gasteiger partial charge in [0.1, 0.15) is 0 Å². The zero-order valence-corrected chi connectivity index (χ0v) is 13.6. The number of unbranched alkanes of at least 4 members (excludes halogenated alkanes) is 1. The van der Waals surface area contributed by atoms with Crippen LogP contribution in [0.5, 0.6) is 5.88 Å². The molecule has 1 N–H and O–H groups in total. The van der Waals surface area contributed by atoms with E-state index in [0.29, 0.717) is 18.5 Å². The van der Waals surface area contributed by atoms with Crippen LogP contribution in [0.25, 0.3) is 0 Å². The van der Waals surface area contributed by atoms with Crippen LogP contribution in [0.2, 0.25) is 0 Å². The number of hydrogen-bond acceptors (Lipinski definition) is 5. The lowest BCUT2D eigenvalue weighted by Crippen LogP contribution is -2.39. The number of nitrogens with one attached hydrogen (secondary N) is 1. The van der Waals surface area contributed by atoms with E-state index in [-0.39, 0.29) is 0 Å². The Labute approximate surface area is 128 Å². The average Bonchev–Trinajstić information content (AvgIpc) is 2.96. The zero-order valence-electron chi connectivity index (χ0n) is 13.6. The Kier molecular flexibility index (Phi) is 6.23. The Morgan fingerprint density at radius 2 is 2.24 bits per heavy atom. The largest absolute Gasteiger partial charge is 0.478 e. The van der Waals surface area contributed by atoms with Gasteiger partial charge in [-0.3, -0.25) is 0 Å². The second-order valence-corrected chi connectivity index (χ2v) is 5.67. The fourth-order valence-electron chi connectivity index (χ4n) is 2.69. The monoisotopic (exact) mass is 292 g/mol. The smallest absolute Gasteiger partial charge is 0.228 e. The van der Waals surface area contributed by atoms with Crippen molar-refractivity contribution in [1.29, 1.82) is 0 Å². The number of ether oxygens (including phenoxy) is 1. The molecule has 0 aromatic carbocycles. The lowest BCUT2D eigenvalue weighted by atomic mass is 10.2. The minimum Gasteiger partial charge on any atom is -0.478 e. The van der Waals surface area contributed by atoms with E-state index in [1.807, 2.05) is 19.9 Å². The van der Waals surface area contributed by atoms with E-state index in [4.69, 9.17) is 4.74 Å². The van der Waals surface area contributed by atoms with Crippen molar-refractivity contribution in [1.82, 2.24) is 15.3 Å². The summed E-state index contributed by atoms with van der Waals surface area (Å²) in [5.41, 5.74) is 0.962. The molecule has 2 heterocycles. The van der Waals surface area contributed by atoms with Crippen molar-refractivity contribution in [3.8, 4) is 5.88 Å². The highest BCUT2D eigenvalue weighted by Crippen LogP contribution is 2.18. The molecule has 0 saturated carbocycles. The van der Waals surface area contributed by atoms with Crippen LogP contribution in [0.1, 0.15) is 45.2 Å². The Morgan fingerprint density at radius 1 is 1.38 bits per heavy atom. The van der Waals surface area contributed by atoms with Gasteiger partial charge in [0.05, 0.1) is 6.61 Å². The number of nitrogens with zero attached hydrogens (tertiary/aromatic N) is 3. The van der Waals surface area contributed by atoms with Gasteiger partial charge in [0.2, 0.25) is 11.8 Å². The Balaban J connectivity index is 2.13. The van der Waals surface area contributed by atoms with Crippen LogP contribution in [0.4, 0.5) is 5.95 Å². The molecule has 5 nitrogen and oxygen atoms in total. The minimum atomic E-state index is 0.557. The molecule has 1 saturated heterocycles. The Bertz CT molecular complexity index is 432. The van der Waals surface area contributed by atoms with Crippen LogP contribution in [-0.4, -0.2) is 42.3 Å². The summed E-state index contributed by atoms with van der Waals surface area (Å²) in [6, 6.07) is 2.46. The molecule has 1 fully saturated rings. The molecule has 0 aliphatic carbocycles. The quantitative estimate of drug-likeness (QED) is 0.798. The van der Waals surface area contributed by atoms with Gasteiger partial charge in [0.25, 0.3) is 0 Å². The lowest BCUT2D eigenvalue weighted by Gasteiger charge is -2.26. The van der Waals surface area contributed by atoms with Crippen LogP contribution in [0.15, 0.2) is 6.07 Å². The third-order valence-electron chi connectivity index (χ3n) is 3.78. The molecule has 1 aromatic rings. The van der Waals surface area contributed by atoms with E-state index >= 15 is 0 Å². The highest BCUT2D eigenvalue weighted by molar-refractivity contribution is 5.34. The SMILES string of the molecule is CCCCN(CC1CCCN1)c1nc(C)cc(OCC)n1. The number of hydrogen-bond donors (Lipinski definition) is 1. The van der Waals surface area contributed by atoms with Gasteiger partial charge in [0.15, 0.2) is 0 Å². The summed E-state index contributed by atoms with van der Waals surface area (Å²) in [6.07, 6.45) is 4.85. The summed E-state index contributed by atoms with van der Waals surface area (Å²) >= 11 is 0. The molecule has 21 heavy (non-hydrogen) atoms. The molecule has 5 heteroatoms. The Morgan fingerprint density at radius 3 is 2.90 bits per heavy atom. The van der Waals surface area contributed by atoms with Crippen LogP contribution in [-0.2, 0) is 0 Å². The van der Waals surface area contributed by atoms with Crippen molar-refractivity contribution < 1.29 is 4.74 Å². The van der Waals surface area contributed by atoms with Gasteiger partial charge < -0.3 is 15.0 Å². The second kappa shape index (κ2) is 8.17. The van der Waals surface area contributed by atoms with Crippen LogP contribution in [0, 0.1) is 6.92 Å². The van der Waals surface area contributed by atoms with Crippen molar-refractivity contribution in [3.63, 3.8) is 0 Å². The predicted molar refractivity (Wildman–Crippen MR) is 86.1 cm³/mol. The molecule has 1 atom stereocenters. The molecule has 0 spiro atoms. The van der Waals surface area contributed by atoms with E-state index in [0.717, 1.165) is 37.7 Å². The Hall–Kier alpha value is -1.36. The standard InChI is InChI=1S/C16H28N4O/c1-4-6-10-20(12-14-8-7-9-17-14)16-18-13(3)11-15(19-16)21-5-2/h11,14,17H,4-10,12H2,1-3H3. The first kappa shape index (κ1) is 16.0. The van der Waals surface area contributed by atoms with Crippen molar-refractivity contribution in [2.75, 3.05) is 31.1 Å². The van der Waals surface area contributed by atoms with Crippen molar-refractivity contribution >= 4 is 5.95 Å². The molecule has 118 valence electrons. The summed E-state index contributed by atoms with van der Waals surface area (Å²) in [7, 11) is 0.